The highest BCUT2D eigenvalue weighted by Gasteiger charge is 2.02. The van der Waals surface area contributed by atoms with Crippen LogP contribution >= 0.6 is 35.6 Å². The van der Waals surface area contributed by atoms with Gasteiger partial charge in [0.25, 0.3) is 0 Å². The molecule has 148 valence electrons. The van der Waals surface area contributed by atoms with Crippen LogP contribution in [0.15, 0.2) is 47.6 Å². The van der Waals surface area contributed by atoms with E-state index in [0.717, 1.165) is 35.1 Å². The molecule has 0 unspecified atom stereocenters. The number of nitrogens with one attached hydrogen (secondary N) is 2. The molecule has 27 heavy (non-hydrogen) atoms. The van der Waals surface area contributed by atoms with Crippen LogP contribution in [0, 0.1) is 0 Å². The zero-order valence-electron chi connectivity index (χ0n) is 15.6. The SMILES string of the molecule is CN=C(NCCc1ccccc1Cl)NCc1ccc(OCCOC)nc1.I. The minimum atomic E-state index is 0. The highest BCUT2D eigenvalue weighted by atomic mass is 127. The summed E-state index contributed by atoms with van der Waals surface area (Å²) in [6.07, 6.45) is 2.61. The van der Waals surface area contributed by atoms with Crippen LogP contribution in [0.5, 0.6) is 5.88 Å². The van der Waals surface area contributed by atoms with Crippen molar-refractivity contribution in [3.8, 4) is 5.88 Å². The van der Waals surface area contributed by atoms with Crippen LogP contribution in [0.2, 0.25) is 5.02 Å². The number of guanidine groups is 1. The molecule has 0 aliphatic heterocycles. The molecule has 2 N–H and O–H groups in total. The van der Waals surface area contributed by atoms with E-state index in [4.69, 9.17) is 21.1 Å². The van der Waals surface area contributed by atoms with Gasteiger partial charge in [0.1, 0.15) is 6.61 Å². The molecule has 0 spiro atoms. The molecule has 0 saturated heterocycles. The lowest BCUT2D eigenvalue weighted by atomic mass is 10.1. The lowest BCUT2D eigenvalue weighted by molar-refractivity contribution is 0.143. The standard InChI is InChI=1S/C19H25ClN4O2.HI/c1-21-19(22-10-9-16-5-3-4-6-17(16)20)24-14-15-7-8-18(23-13-15)26-12-11-25-2;/h3-8,13H,9-12,14H2,1-2H3,(H2,21,22,24);1H. The van der Waals surface area contributed by atoms with Crippen LogP contribution in [-0.2, 0) is 17.7 Å². The summed E-state index contributed by atoms with van der Waals surface area (Å²) in [6, 6.07) is 11.7. The molecule has 0 saturated carbocycles. The third-order valence-electron chi connectivity index (χ3n) is 3.66. The first-order valence-electron chi connectivity index (χ1n) is 8.47. The second-order valence-corrected chi connectivity index (χ2v) is 5.95. The van der Waals surface area contributed by atoms with E-state index in [0.29, 0.717) is 25.6 Å². The van der Waals surface area contributed by atoms with Crippen LogP contribution in [0.4, 0.5) is 0 Å². The van der Waals surface area contributed by atoms with Gasteiger partial charge in [-0.05, 0) is 23.6 Å². The molecule has 1 aromatic carbocycles. The number of hydrogen-bond acceptors (Lipinski definition) is 4. The van der Waals surface area contributed by atoms with Gasteiger partial charge < -0.3 is 20.1 Å². The molecule has 1 heterocycles. The number of benzene rings is 1. The van der Waals surface area contributed by atoms with E-state index in [-0.39, 0.29) is 24.0 Å². The smallest absolute Gasteiger partial charge is 0.213 e. The topological polar surface area (TPSA) is 67.8 Å². The Hall–Kier alpha value is -1.58. The van der Waals surface area contributed by atoms with Gasteiger partial charge in [0.05, 0.1) is 6.61 Å². The number of aliphatic imine (C=N–C) groups is 1. The maximum Gasteiger partial charge on any atom is 0.213 e. The predicted molar refractivity (Wildman–Crippen MR) is 120 cm³/mol. The normalized spacial score (nSPS) is 10.9. The molecule has 0 aliphatic carbocycles. The van der Waals surface area contributed by atoms with Gasteiger partial charge in [-0.2, -0.15) is 0 Å². The predicted octanol–water partition coefficient (Wildman–Crippen LogP) is 3.29. The third kappa shape index (κ3) is 8.77. The highest BCUT2D eigenvalue weighted by Crippen LogP contribution is 2.14. The summed E-state index contributed by atoms with van der Waals surface area (Å²) >= 11 is 6.17. The van der Waals surface area contributed by atoms with Gasteiger partial charge in [-0.3, -0.25) is 4.99 Å². The Morgan fingerprint density at radius 1 is 1.15 bits per heavy atom. The van der Waals surface area contributed by atoms with E-state index in [1.165, 1.54) is 0 Å². The lowest BCUT2D eigenvalue weighted by Gasteiger charge is -2.12. The van der Waals surface area contributed by atoms with Crippen molar-refractivity contribution in [1.29, 1.82) is 0 Å². The zero-order chi connectivity index (χ0) is 18.6. The molecular formula is C19H26ClIN4O2. The number of nitrogens with zero attached hydrogens (tertiary/aromatic N) is 2. The molecule has 0 amide bonds. The molecule has 6 nitrogen and oxygen atoms in total. The summed E-state index contributed by atoms with van der Waals surface area (Å²) in [5.74, 6) is 1.32. The van der Waals surface area contributed by atoms with Crippen molar-refractivity contribution in [1.82, 2.24) is 15.6 Å². The summed E-state index contributed by atoms with van der Waals surface area (Å²) in [7, 11) is 3.39. The van der Waals surface area contributed by atoms with Crippen LogP contribution in [0.25, 0.3) is 0 Å². The zero-order valence-corrected chi connectivity index (χ0v) is 18.7. The summed E-state index contributed by atoms with van der Waals surface area (Å²) in [6.45, 7) is 2.40. The van der Waals surface area contributed by atoms with Gasteiger partial charge in [-0.1, -0.05) is 35.9 Å². The van der Waals surface area contributed by atoms with Gasteiger partial charge in [0, 0.05) is 44.5 Å². The quantitative estimate of drug-likeness (QED) is 0.237. The van der Waals surface area contributed by atoms with E-state index >= 15 is 0 Å². The maximum atomic E-state index is 6.17. The first-order chi connectivity index (χ1) is 12.7. The molecule has 8 heteroatoms. The van der Waals surface area contributed by atoms with E-state index in [1.807, 2.05) is 36.4 Å². The Kier molecular flexibility index (Phi) is 11.8. The van der Waals surface area contributed by atoms with E-state index in [1.54, 1.807) is 20.4 Å². The summed E-state index contributed by atoms with van der Waals surface area (Å²) < 4.78 is 10.4. The Morgan fingerprint density at radius 3 is 2.63 bits per heavy atom. The van der Waals surface area contributed by atoms with Crippen molar-refractivity contribution in [3.63, 3.8) is 0 Å². The number of hydrogen-bond donors (Lipinski definition) is 2. The average molecular weight is 505 g/mol. The molecule has 0 radical (unpaired) electrons. The number of ether oxygens (including phenoxy) is 2. The molecule has 0 atom stereocenters. The minimum absolute atomic E-state index is 0. The van der Waals surface area contributed by atoms with Crippen molar-refractivity contribution in [2.75, 3.05) is 33.9 Å². The fourth-order valence-electron chi connectivity index (χ4n) is 2.25. The van der Waals surface area contributed by atoms with Crippen molar-refractivity contribution in [2.45, 2.75) is 13.0 Å². The molecule has 2 rings (SSSR count). The van der Waals surface area contributed by atoms with Gasteiger partial charge in [0.2, 0.25) is 5.88 Å². The molecule has 2 aromatic rings. The first kappa shape index (κ1) is 23.5. The Bertz CT molecular complexity index is 698. The average Bonchev–Trinajstić information content (AvgIpc) is 2.67. The van der Waals surface area contributed by atoms with Crippen molar-refractivity contribution >= 4 is 41.5 Å². The molecule has 0 bridgehead atoms. The summed E-state index contributed by atoms with van der Waals surface area (Å²) in [5, 5.41) is 7.33. The minimum Gasteiger partial charge on any atom is -0.475 e. The number of halogens is 2. The van der Waals surface area contributed by atoms with Crippen molar-refractivity contribution in [3.05, 3.63) is 58.7 Å². The monoisotopic (exact) mass is 504 g/mol. The Morgan fingerprint density at radius 2 is 1.96 bits per heavy atom. The lowest BCUT2D eigenvalue weighted by Crippen LogP contribution is -2.37. The fourth-order valence-corrected chi connectivity index (χ4v) is 2.48. The van der Waals surface area contributed by atoms with E-state index in [9.17, 15) is 0 Å². The molecule has 1 aromatic heterocycles. The van der Waals surface area contributed by atoms with Crippen molar-refractivity contribution in [2.24, 2.45) is 4.99 Å². The van der Waals surface area contributed by atoms with Crippen LogP contribution in [0.1, 0.15) is 11.1 Å². The largest absolute Gasteiger partial charge is 0.475 e. The number of aromatic nitrogens is 1. The number of pyridine rings is 1. The van der Waals surface area contributed by atoms with Gasteiger partial charge in [-0.25, -0.2) is 4.98 Å². The highest BCUT2D eigenvalue weighted by molar-refractivity contribution is 14.0. The van der Waals surface area contributed by atoms with Crippen molar-refractivity contribution < 1.29 is 9.47 Å². The first-order valence-corrected chi connectivity index (χ1v) is 8.85. The summed E-state index contributed by atoms with van der Waals surface area (Å²) in [5.41, 5.74) is 2.16. The Balaban J connectivity index is 0.00000364. The molecule has 0 aliphatic rings. The fraction of sp³-hybridized carbons (Fsp3) is 0.368. The van der Waals surface area contributed by atoms with Crippen LogP contribution in [-0.4, -0.2) is 44.9 Å². The van der Waals surface area contributed by atoms with Gasteiger partial charge >= 0.3 is 0 Å². The molecular weight excluding hydrogens is 479 g/mol. The second kappa shape index (κ2) is 13.6. The maximum absolute atomic E-state index is 6.17. The number of methoxy groups -OCH3 is 1. The van der Waals surface area contributed by atoms with E-state index in [2.05, 4.69) is 20.6 Å². The third-order valence-corrected chi connectivity index (χ3v) is 4.03. The summed E-state index contributed by atoms with van der Waals surface area (Å²) in [4.78, 5) is 8.50. The van der Waals surface area contributed by atoms with Gasteiger partial charge in [-0.15, -0.1) is 24.0 Å². The Labute approximate surface area is 182 Å². The van der Waals surface area contributed by atoms with Gasteiger partial charge in [0.15, 0.2) is 5.96 Å². The van der Waals surface area contributed by atoms with E-state index < -0.39 is 0 Å². The van der Waals surface area contributed by atoms with Crippen LogP contribution < -0.4 is 15.4 Å². The second-order valence-electron chi connectivity index (χ2n) is 5.54. The number of rotatable bonds is 9. The molecule has 0 fully saturated rings. The van der Waals surface area contributed by atoms with Crippen LogP contribution in [0.3, 0.4) is 0 Å².